The Kier molecular flexibility index (Phi) is 6.21. The lowest BCUT2D eigenvalue weighted by atomic mass is 9.99. The van der Waals surface area contributed by atoms with Crippen LogP contribution in [0.4, 0.5) is 5.69 Å². The number of ether oxygens (including phenoxy) is 1. The van der Waals surface area contributed by atoms with E-state index in [1.165, 1.54) is 4.90 Å². The lowest BCUT2D eigenvalue weighted by Gasteiger charge is -2.38. The number of aryl methyl sites for hydroxylation is 1. The highest BCUT2D eigenvalue weighted by atomic mass is 16.5. The number of amides is 2. The molecule has 2 unspecified atom stereocenters. The SMILES string of the molecule is CN1C(=O)COC(c2ccc(NC(=O)CCc3ccccc3)cc2)C1CO. The first-order valence-corrected chi connectivity index (χ1v) is 9.00. The molecule has 0 bridgehead atoms. The van der Waals surface area contributed by atoms with Gasteiger partial charge in [-0.05, 0) is 29.7 Å². The Balaban J connectivity index is 1.58. The van der Waals surface area contributed by atoms with Gasteiger partial charge in [0.05, 0.1) is 12.6 Å². The van der Waals surface area contributed by atoms with Crippen molar-refractivity contribution >= 4 is 17.5 Å². The molecular weight excluding hydrogens is 344 g/mol. The fourth-order valence-electron chi connectivity index (χ4n) is 3.18. The first-order valence-electron chi connectivity index (χ1n) is 9.00. The second kappa shape index (κ2) is 8.79. The van der Waals surface area contributed by atoms with Crippen molar-refractivity contribution in [3.63, 3.8) is 0 Å². The lowest BCUT2D eigenvalue weighted by molar-refractivity contribution is -0.157. The lowest BCUT2D eigenvalue weighted by Crippen LogP contribution is -2.50. The highest BCUT2D eigenvalue weighted by Crippen LogP contribution is 2.29. The van der Waals surface area contributed by atoms with Crippen molar-refractivity contribution in [1.29, 1.82) is 0 Å². The number of morpholine rings is 1. The van der Waals surface area contributed by atoms with E-state index in [0.717, 1.165) is 11.1 Å². The molecule has 0 aromatic heterocycles. The highest BCUT2D eigenvalue weighted by molar-refractivity contribution is 5.90. The number of anilines is 1. The summed E-state index contributed by atoms with van der Waals surface area (Å²) in [4.78, 5) is 25.4. The number of aliphatic hydroxyl groups is 1. The Morgan fingerprint density at radius 1 is 1.19 bits per heavy atom. The third-order valence-corrected chi connectivity index (χ3v) is 4.82. The van der Waals surface area contributed by atoms with Crippen LogP contribution in [0.15, 0.2) is 54.6 Å². The van der Waals surface area contributed by atoms with Gasteiger partial charge in [-0.3, -0.25) is 9.59 Å². The molecule has 1 heterocycles. The molecule has 2 aromatic rings. The molecule has 0 spiro atoms. The third kappa shape index (κ3) is 4.72. The number of carbonyl (C=O) groups excluding carboxylic acids is 2. The normalized spacial score (nSPS) is 19.8. The predicted octanol–water partition coefficient (Wildman–Crippen LogP) is 2.15. The smallest absolute Gasteiger partial charge is 0.248 e. The van der Waals surface area contributed by atoms with Crippen molar-refractivity contribution in [2.24, 2.45) is 0 Å². The van der Waals surface area contributed by atoms with E-state index in [0.29, 0.717) is 18.5 Å². The van der Waals surface area contributed by atoms with Crippen LogP contribution in [0.3, 0.4) is 0 Å². The van der Waals surface area contributed by atoms with Crippen molar-refractivity contribution in [2.45, 2.75) is 25.0 Å². The molecule has 0 saturated carbocycles. The largest absolute Gasteiger partial charge is 0.394 e. The first-order chi connectivity index (χ1) is 13.1. The Hall–Kier alpha value is -2.70. The Morgan fingerprint density at radius 3 is 2.56 bits per heavy atom. The molecule has 2 amide bonds. The molecule has 6 nitrogen and oxygen atoms in total. The van der Waals surface area contributed by atoms with Gasteiger partial charge in [0.25, 0.3) is 0 Å². The number of nitrogens with one attached hydrogen (secondary N) is 1. The number of carbonyl (C=O) groups is 2. The van der Waals surface area contributed by atoms with Crippen molar-refractivity contribution in [2.75, 3.05) is 25.6 Å². The summed E-state index contributed by atoms with van der Waals surface area (Å²) in [6.45, 7) is -0.180. The van der Waals surface area contributed by atoms with E-state index < -0.39 is 6.04 Å². The number of benzene rings is 2. The molecule has 0 radical (unpaired) electrons. The number of nitrogens with zero attached hydrogens (tertiary/aromatic N) is 1. The molecule has 142 valence electrons. The molecule has 1 fully saturated rings. The Morgan fingerprint density at radius 2 is 1.89 bits per heavy atom. The van der Waals surface area contributed by atoms with Gasteiger partial charge in [0.15, 0.2) is 0 Å². The summed E-state index contributed by atoms with van der Waals surface area (Å²) in [7, 11) is 1.67. The van der Waals surface area contributed by atoms with Crippen LogP contribution < -0.4 is 5.32 Å². The van der Waals surface area contributed by atoms with Gasteiger partial charge in [0.2, 0.25) is 11.8 Å². The van der Waals surface area contributed by atoms with Crippen molar-refractivity contribution < 1.29 is 19.4 Å². The van der Waals surface area contributed by atoms with E-state index in [1.807, 2.05) is 54.6 Å². The minimum Gasteiger partial charge on any atom is -0.394 e. The fraction of sp³-hybridized carbons (Fsp3) is 0.333. The average molecular weight is 368 g/mol. The standard InChI is InChI=1S/C21H24N2O4/c1-23-18(13-24)21(27-14-20(23)26)16-8-10-17(11-9-16)22-19(25)12-7-15-5-3-2-4-6-15/h2-6,8-11,18,21,24H,7,12-14H2,1H3,(H,22,25). The van der Waals surface area contributed by atoms with Gasteiger partial charge in [0.1, 0.15) is 12.7 Å². The summed E-state index contributed by atoms with van der Waals surface area (Å²) in [6.07, 6.45) is 0.719. The maximum absolute atomic E-state index is 12.1. The second-order valence-electron chi connectivity index (χ2n) is 6.64. The van der Waals surface area contributed by atoms with Crippen LogP contribution in [-0.4, -0.2) is 48.1 Å². The number of likely N-dealkylation sites (N-methyl/N-ethyl adjacent to an activating group) is 1. The van der Waals surface area contributed by atoms with E-state index in [9.17, 15) is 14.7 Å². The third-order valence-electron chi connectivity index (χ3n) is 4.82. The van der Waals surface area contributed by atoms with Crippen molar-refractivity contribution in [3.05, 3.63) is 65.7 Å². The zero-order chi connectivity index (χ0) is 19.2. The Labute approximate surface area is 158 Å². The van der Waals surface area contributed by atoms with E-state index >= 15 is 0 Å². The summed E-state index contributed by atoms with van der Waals surface area (Å²) in [5.74, 6) is -0.188. The molecule has 2 N–H and O–H groups in total. The molecule has 1 aliphatic rings. The number of hydrogen-bond donors (Lipinski definition) is 2. The van der Waals surface area contributed by atoms with Gasteiger partial charge in [-0.15, -0.1) is 0 Å². The average Bonchev–Trinajstić information content (AvgIpc) is 2.70. The minimum atomic E-state index is -0.419. The molecule has 2 aromatic carbocycles. The molecular formula is C21H24N2O4. The van der Waals surface area contributed by atoms with Crippen LogP contribution in [0.2, 0.25) is 0 Å². The quantitative estimate of drug-likeness (QED) is 0.819. The van der Waals surface area contributed by atoms with Crippen LogP contribution in [-0.2, 0) is 20.7 Å². The number of aliphatic hydroxyl groups excluding tert-OH is 1. The molecule has 27 heavy (non-hydrogen) atoms. The van der Waals surface area contributed by atoms with Gasteiger partial charge in [-0.2, -0.15) is 0 Å². The summed E-state index contributed by atoms with van der Waals surface area (Å²) in [5.41, 5.74) is 2.69. The van der Waals surface area contributed by atoms with Gasteiger partial charge < -0.3 is 20.1 Å². The van der Waals surface area contributed by atoms with Gasteiger partial charge in [0, 0.05) is 19.2 Å². The van der Waals surface area contributed by atoms with E-state index in [4.69, 9.17) is 4.74 Å². The zero-order valence-corrected chi connectivity index (χ0v) is 15.3. The monoisotopic (exact) mass is 368 g/mol. The second-order valence-corrected chi connectivity index (χ2v) is 6.64. The molecule has 0 aliphatic carbocycles. The van der Waals surface area contributed by atoms with Crippen LogP contribution >= 0.6 is 0 Å². The van der Waals surface area contributed by atoms with Crippen LogP contribution in [0.1, 0.15) is 23.7 Å². The first kappa shape index (κ1) is 19.1. The molecule has 6 heteroatoms. The summed E-state index contributed by atoms with van der Waals surface area (Å²) in [5, 5.41) is 12.5. The minimum absolute atomic E-state index is 0.00433. The van der Waals surface area contributed by atoms with Crippen molar-refractivity contribution in [3.8, 4) is 0 Å². The van der Waals surface area contributed by atoms with Crippen LogP contribution in [0, 0.1) is 0 Å². The summed E-state index contributed by atoms with van der Waals surface area (Å²) in [6, 6.07) is 16.8. The van der Waals surface area contributed by atoms with E-state index in [1.54, 1.807) is 7.05 Å². The zero-order valence-electron chi connectivity index (χ0n) is 15.3. The topological polar surface area (TPSA) is 78.9 Å². The van der Waals surface area contributed by atoms with Crippen LogP contribution in [0.5, 0.6) is 0 Å². The number of hydrogen-bond acceptors (Lipinski definition) is 4. The number of rotatable bonds is 6. The summed E-state index contributed by atoms with van der Waals surface area (Å²) >= 11 is 0. The van der Waals surface area contributed by atoms with Crippen molar-refractivity contribution in [1.82, 2.24) is 4.90 Å². The van der Waals surface area contributed by atoms with Crippen LogP contribution in [0.25, 0.3) is 0 Å². The van der Waals surface area contributed by atoms with Gasteiger partial charge >= 0.3 is 0 Å². The van der Waals surface area contributed by atoms with E-state index in [-0.39, 0.29) is 31.1 Å². The maximum atomic E-state index is 12.1. The van der Waals surface area contributed by atoms with Gasteiger partial charge in [-0.1, -0.05) is 42.5 Å². The fourth-order valence-corrected chi connectivity index (χ4v) is 3.18. The Bertz CT molecular complexity index is 777. The van der Waals surface area contributed by atoms with E-state index in [2.05, 4.69) is 5.32 Å². The molecule has 1 saturated heterocycles. The molecule has 3 rings (SSSR count). The summed E-state index contributed by atoms with van der Waals surface area (Å²) < 4.78 is 5.62. The van der Waals surface area contributed by atoms with Gasteiger partial charge in [-0.25, -0.2) is 0 Å². The molecule has 1 aliphatic heterocycles. The highest BCUT2D eigenvalue weighted by Gasteiger charge is 2.34. The molecule has 2 atom stereocenters. The predicted molar refractivity (Wildman–Crippen MR) is 102 cm³/mol. The maximum Gasteiger partial charge on any atom is 0.248 e.